The van der Waals surface area contributed by atoms with Gasteiger partial charge in [0.05, 0.1) is 11.9 Å². The first-order valence-electron chi connectivity index (χ1n) is 11.0. The summed E-state index contributed by atoms with van der Waals surface area (Å²) in [7, 11) is -3.59. The van der Waals surface area contributed by atoms with E-state index in [4.69, 9.17) is 11.6 Å². The Morgan fingerprint density at radius 2 is 1.68 bits per heavy atom. The average molecular weight is 512 g/mol. The molecule has 0 aliphatic rings. The molecule has 2 aromatic carbocycles. The largest absolute Gasteiger partial charge is 0.352 e. The molecule has 2 aromatic rings. The fourth-order valence-corrected chi connectivity index (χ4v) is 4.50. The summed E-state index contributed by atoms with van der Waals surface area (Å²) in [6, 6.07) is 11.5. The molecular weight excluding hydrogens is 481 g/mol. The number of nitrogens with zero attached hydrogens (tertiary/aromatic N) is 2. The number of amides is 2. The van der Waals surface area contributed by atoms with E-state index in [1.165, 1.54) is 15.3 Å². The van der Waals surface area contributed by atoms with E-state index in [2.05, 4.69) is 5.32 Å². The van der Waals surface area contributed by atoms with Gasteiger partial charge in [-0.05, 0) is 57.5 Å². The van der Waals surface area contributed by atoms with Crippen LogP contribution in [-0.2, 0) is 26.2 Å². The number of hydrogen-bond donors (Lipinski definition) is 1. The molecule has 34 heavy (non-hydrogen) atoms. The standard InChI is InChI=1S/C24H31ClFN3O4S/c1-17(2)27-24(31)18(3)28(16-19-8-5-6-9-22(19)26)23(30)10-7-15-29(34(4,32)33)21-13-11-20(25)12-14-21/h5-6,8-9,11-14,17-18H,7,10,15-16H2,1-4H3,(H,27,31)/t18-/m0/s1. The number of hydrogen-bond acceptors (Lipinski definition) is 4. The van der Waals surface area contributed by atoms with E-state index in [9.17, 15) is 22.4 Å². The highest BCUT2D eigenvalue weighted by Crippen LogP contribution is 2.21. The Labute approximate surface area is 205 Å². The predicted octanol–water partition coefficient (Wildman–Crippen LogP) is 3.97. The monoisotopic (exact) mass is 511 g/mol. The second-order valence-electron chi connectivity index (χ2n) is 8.37. The van der Waals surface area contributed by atoms with E-state index in [1.807, 2.05) is 13.8 Å². The molecule has 1 N–H and O–H groups in total. The molecule has 1 atom stereocenters. The zero-order valence-corrected chi connectivity index (χ0v) is 21.4. The lowest BCUT2D eigenvalue weighted by atomic mass is 10.1. The van der Waals surface area contributed by atoms with Crippen LogP contribution in [-0.4, -0.2) is 50.0 Å². The van der Waals surface area contributed by atoms with Crippen LogP contribution in [0, 0.1) is 5.82 Å². The van der Waals surface area contributed by atoms with Crippen LogP contribution in [0.3, 0.4) is 0 Å². The van der Waals surface area contributed by atoms with Gasteiger partial charge in [-0.1, -0.05) is 29.8 Å². The minimum atomic E-state index is -3.59. The molecule has 0 fully saturated rings. The van der Waals surface area contributed by atoms with E-state index >= 15 is 0 Å². The first-order chi connectivity index (χ1) is 15.9. The Morgan fingerprint density at radius 3 is 2.24 bits per heavy atom. The molecule has 10 heteroatoms. The molecule has 0 bridgehead atoms. The van der Waals surface area contributed by atoms with Crippen LogP contribution in [0.1, 0.15) is 39.2 Å². The zero-order chi connectivity index (χ0) is 25.5. The maximum absolute atomic E-state index is 14.3. The zero-order valence-electron chi connectivity index (χ0n) is 19.8. The number of halogens is 2. The van der Waals surface area contributed by atoms with Crippen LogP contribution < -0.4 is 9.62 Å². The second-order valence-corrected chi connectivity index (χ2v) is 10.7. The Morgan fingerprint density at radius 1 is 1.06 bits per heavy atom. The highest BCUT2D eigenvalue weighted by atomic mass is 35.5. The van der Waals surface area contributed by atoms with Crippen molar-refractivity contribution in [3.8, 4) is 0 Å². The minimum Gasteiger partial charge on any atom is -0.352 e. The molecule has 186 valence electrons. The number of sulfonamides is 1. The first-order valence-corrected chi connectivity index (χ1v) is 13.2. The molecule has 2 amide bonds. The Hall–Kier alpha value is -2.65. The fourth-order valence-electron chi connectivity index (χ4n) is 3.41. The van der Waals surface area contributed by atoms with Crippen LogP contribution in [0.25, 0.3) is 0 Å². The van der Waals surface area contributed by atoms with Crippen molar-refractivity contribution in [1.82, 2.24) is 10.2 Å². The number of carbonyl (C=O) groups is 2. The van der Waals surface area contributed by atoms with Crippen LogP contribution in [0.15, 0.2) is 48.5 Å². The van der Waals surface area contributed by atoms with E-state index in [1.54, 1.807) is 49.4 Å². The summed E-state index contributed by atoms with van der Waals surface area (Å²) >= 11 is 5.90. The van der Waals surface area contributed by atoms with Gasteiger partial charge in [0.15, 0.2) is 0 Å². The van der Waals surface area contributed by atoms with Crippen molar-refractivity contribution in [2.45, 2.75) is 52.2 Å². The Balaban J connectivity index is 2.17. The molecule has 0 saturated carbocycles. The molecule has 0 unspecified atom stereocenters. The molecular formula is C24H31ClFN3O4S. The third kappa shape index (κ3) is 7.99. The molecule has 0 spiro atoms. The summed E-state index contributed by atoms with van der Waals surface area (Å²) in [5.74, 6) is -1.19. The number of nitrogens with one attached hydrogen (secondary N) is 1. The summed E-state index contributed by atoms with van der Waals surface area (Å²) in [6.07, 6.45) is 1.28. The molecule has 7 nitrogen and oxygen atoms in total. The van der Waals surface area contributed by atoms with Gasteiger partial charge < -0.3 is 10.2 Å². The molecule has 0 heterocycles. The lowest BCUT2D eigenvalue weighted by molar-refractivity contribution is -0.140. The van der Waals surface area contributed by atoms with Crippen molar-refractivity contribution >= 4 is 39.1 Å². The van der Waals surface area contributed by atoms with Crippen molar-refractivity contribution in [3.63, 3.8) is 0 Å². The fraction of sp³-hybridized carbons (Fsp3) is 0.417. The van der Waals surface area contributed by atoms with E-state index < -0.39 is 21.9 Å². The van der Waals surface area contributed by atoms with Crippen molar-refractivity contribution < 1.29 is 22.4 Å². The molecule has 0 saturated heterocycles. The number of rotatable bonds is 11. The molecule has 0 aromatic heterocycles. The Kier molecular flexibility index (Phi) is 9.88. The lowest BCUT2D eigenvalue weighted by Gasteiger charge is -2.30. The van der Waals surface area contributed by atoms with Gasteiger partial charge in [-0.25, -0.2) is 12.8 Å². The highest BCUT2D eigenvalue weighted by Gasteiger charge is 2.27. The Bertz CT molecular complexity index is 1090. The number of benzene rings is 2. The third-order valence-corrected chi connectivity index (χ3v) is 6.61. The van der Waals surface area contributed by atoms with Crippen LogP contribution in [0.2, 0.25) is 5.02 Å². The highest BCUT2D eigenvalue weighted by molar-refractivity contribution is 7.92. The molecule has 0 aliphatic heterocycles. The van der Waals surface area contributed by atoms with Crippen LogP contribution >= 0.6 is 11.6 Å². The maximum atomic E-state index is 14.3. The van der Waals surface area contributed by atoms with Gasteiger partial charge in [0.25, 0.3) is 0 Å². The number of anilines is 1. The van der Waals surface area contributed by atoms with E-state index in [-0.39, 0.29) is 43.8 Å². The van der Waals surface area contributed by atoms with Gasteiger partial charge in [-0.3, -0.25) is 13.9 Å². The van der Waals surface area contributed by atoms with Gasteiger partial charge in [-0.2, -0.15) is 0 Å². The van der Waals surface area contributed by atoms with Crippen LogP contribution in [0.4, 0.5) is 10.1 Å². The molecule has 0 radical (unpaired) electrons. The summed E-state index contributed by atoms with van der Waals surface area (Å²) in [5, 5.41) is 3.25. The van der Waals surface area contributed by atoms with Gasteiger partial charge in [-0.15, -0.1) is 0 Å². The van der Waals surface area contributed by atoms with Crippen molar-refractivity contribution in [3.05, 3.63) is 64.9 Å². The van der Waals surface area contributed by atoms with E-state index in [0.29, 0.717) is 16.3 Å². The predicted molar refractivity (Wildman–Crippen MR) is 133 cm³/mol. The maximum Gasteiger partial charge on any atom is 0.242 e. The summed E-state index contributed by atoms with van der Waals surface area (Å²) in [5.41, 5.74) is 0.728. The summed E-state index contributed by atoms with van der Waals surface area (Å²) in [6.45, 7) is 5.19. The number of carbonyl (C=O) groups excluding carboxylic acids is 2. The van der Waals surface area contributed by atoms with Crippen molar-refractivity contribution in [2.24, 2.45) is 0 Å². The molecule has 2 rings (SSSR count). The summed E-state index contributed by atoms with van der Waals surface area (Å²) in [4.78, 5) is 27.1. The van der Waals surface area contributed by atoms with E-state index in [0.717, 1.165) is 6.26 Å². The van der Waals surface area contributed by atoms with Gasteiger partial charge >= 0.3 is 0 Å². The summed E-state index contributed by atoms with van der Waals surface area (Å²) < 4.78 is 40.1. The smallest absolute Gasteiger partial charge is 0.242 e. The molecule has 0 aliphatic carbocycles. The van der Waals surface area contributed by atoms with Gasteiger partial charge in [0.1, 0.15) is 11.9 Å². The van der Waals surface area contributed by atoms with Gasteiger partial charge in [0.2, 0.25) is 21.8 Å². The quantitative estimate of drug-likeness (QED) is 0.494. The van der Waals surface area contributed by atoms with Gasteiger partial charge in [0, 0.05) is 36.1 Å². The third-order valence-electron chi connectivity index (χ3n) is 5.16. The minimum absolute atomic E-state index is 0.0205. The van der Waals surface area contributed by atoms with Crippen molar-refractivity contribution in [2.75, 3.05) is 17.1 Å². The average Bonchev–Trinajstić information content (AvgIpc) is 2.75. The topological polar surface area (TPSA) is 86.8 Å². The first kappa shape index (κ1) is 27.6. The SMILES string of the molecule is CC(C)NC(=O)[C@H](C)N(Cc1ccccc1F)C(=O)CCCN(c1ccc(Cl)cc1)S(C)(=O)=O. The normalized spacial score (nSPS) is 12.3. The van der Waals surface area contributed by atoms with Crippen molar-refractivity contribution in [1.29, 1.82) is 0 Å². The lowest BCUT2D eigenvalue weighted by Crippen LogP contribution is -2.49. The van der Waals surface area contributed by atoms with Crippen LogP contribution in [0.5, 0.6) is 0 Å². The second kappa shape index (κ2) is 12.2.